The molecule has 0 unspecified atom stereocenters. The lowest BCUT2D eigenvalue weighted by molar-refractivity contribution is -0.143. The number of phenolic OH excluding ortho intramolecular Hbond substituents is 1. The summed E-state index contributed by atoms with van der Waals surface area (Å²) in [6.07, 6.45) is -2.50. The van der Waals surface area contributed by atoms with Crippen molar-refractivity contribution in [1.82, 2.24) is 19.6 Å². The molecule has 0 aliphatic carbocycles. The number of nitrogens with one attached hydrogen (secondary N) is 1. The molecule has 45 heavy (non-hydrogen) atoms. The van der Waals surface area contributed by atoms with Gasteiger partial charge >= 0.3 is 12.2 Å². The van der Waals surface area contributed by atoms with Crippen LogP contribution < -0.4 is 5.32 Å². The number of para-hydroxylation sites is 1. The molecule has 0 bridgehead atoms. The number of urea groups is 1. The Balaban J connectivity index is 1.28. The third-order valence-corrected chi connectivity index (χ3v) is 9.59. The molecule has 13 heteroatoms. The van der Waals surface area contributed by atoms with Gasteiger partial charge in [0.2, 0.25) is 11.8 Å². The first-order valence-corrected chi connectivity index (χ1v) is 15.7. The van der Waals surface area contributed by atoms with Crippen LogP contribution in [0.4, 0.5) is 23.7 Å². The van der Waals surface area contributed by atoms with Crippen molar-refractivity contribution in [3.8, 4) is 5.75 Å². The molecule has 3 aliphatic heterocycles. The van der Waals surface area contributed by atoms with Gasteiger partial charge in [-0.25, -0.2) is 4.79 Å². The topological polar surface area (TPSA) is 96.4 Å². The largest absolute Gasteiger partial charge is 0.506 e. The molecule has 5 rings (SSSR count). The second-order valence-electron chi connectivity index (χ2n) is 12.4. The Hall–Kier alpha value is -3.51. The molecule has 3 aliphatic rings. The lowest BCUT2D eigenvalue weighted by Gasteiger charge is -2.41. The summed E-state index contributed by atoms with van der Waals surface area (Å²) in [4.78, 5) is 47.5. The molecular formula is C32H39ClF3N5O4. The number of amides is 4. The summed E-state index contributed by atoms with van der Waals surface area (Å²) in [5.74, 6) is -2.51. The quantitative estimate of drug-likeness (QED) is 0.430. The van der Waals surface area contributed by atoms with E-state index in [9.17, 15) is 32.7 Å². The van der Waals surface area contributed by atoms with Crippen LogP contribution in [0.25, 0.3) is 0 Å². The Morgan fingerprint density at radius 1 is 1.04 bits per heavy atom. The van der Waals surface area contributed by atoms with Crippen molar-refractivity contribution >= 4 is 35.1 Å². The summed E-state index contributed by atoms with van der Waals surface area (Å²) in [6, 6.07) is 9.74. The van der Waals surface area contributed by atoms with Crippen LogP contribution in [-0.4, -0.2) is 94.9 Å². The number of alkyl halides is 3. The average molecular weight is 650 g/mol. The average Bonchev–Trinajstić information content (AvgIpc) is 3.01. The zero-order valence-electron chi connectivity index (χ0n) is 25.4. The fourth-order valence-electron chi connectivity index (χ4n) is 6.67. The van der Waals surface area contributed by atoms with E-state index in [0.717, 1.165) is 30.2 Å². The number of aromatic hydroxyl groups is 1. The van der Waals surface area contributed by atoms with Gasteiger partial charge in [-0.15, -0.1) is 0 Å². The van der Waals surface area contributed by atoms with Crippen LogP contribution in [0.2, 0.25) is 5.02 Å². The van der Waals surface area contributed by atoms with E-state index in [1.54, 1.807) is 14.7 Å². The number of anilines is 1. The summed E-state index contributed by atoms with van der Waals surface area (Å²) in [6.45, 7) is 2.25. The van der Waals surface area contributed by atoms with Gasteiger partial charge < -0.3 is 30.0 Å². The molecule has 9 nitrogen and oxygen atoms in total. The summed E-state index contributed by atoms with van der Waals surface area (Å²) < 4.78 is 40.9. The van der Waals surface area contributed by atoms with Gasteiger partial charge in [0.15, 0.2) is 0 Å². The Morgan fingerprint density at radius 2 is 1.69 bits per heavy atom. The van der Waals surface area contributed by atoms with Crippen LogP contribution in [0.15, 0.2) is 36.4 Å². The number of benzene rings is 2. The van der Waals surface area contributed by atoms with Gasteiger partial charge in [-0.05, 0) is 75.5 Å². The lowest BCUT2D eigenvalue weighted by Crippen LogP contribution is -2.51. The molecule has 0 radical (unpaired) electrons. The van der Waals surface area contributed by atoms with Gasteiger partial charge in [0, 0.05) is 56.9 Å². The molecule has 0 spiro atoms. The SMILES string of the molecule is CN(C)C1CCN(C(=O)[C@H](CC(=O)N2CCC(N3Cc4ccccc4NC3=O)CC2)Cc2cc(Cl)c(O)c(C(F)(F)F)c2)CC1. The highest BCUT2D eigenvalue weighted by Gasteiger charge is 2.38. The molecule has 3 heterocycles. The van der Waals surface area contributed by atoms with E-state index in [1.807, 2.05) is 38.4 Å². The highest BCUT2D eigenvalue weighted by Crippen LogP contribution is 2.41. The van der Waals surface area contributed by atoms with E-state index in [1.165, 1.54) is 6.07 Å². The number of carbonyl (C=O) groups is 3. The first-order valence-electron chi connectivity index (χ1n) is 15.3. The second kappa shape index (κ2) is 13.5. The first-order chi connectivity index (χ1) is 21.3. The molecule has 2 N–H and O–H groups in total. The van der Waals surface area contributed by atoms with E-state index < -0.39 is 28.4 Å². The number of rotatable bonds is 7. The van der Waals surface area contributed by atoms with E-state index >= 15 is 0 Å². The van der Waals surface area contributed by atoms with Crippen molar-refractivity contribution in [3.63, 3.8) is 0 Å². The number of nitrogens with zero attached hydrogens (tertiary/aromatic N) is 4. The molecule has 2 aromatic carbocycles. The summed E-state index contributed by atoms with van der Waals surface area (Å²) in [5, 5.41) is 12.4. The first kappa shape index (κ1) is 32.9. The van der Waals surface area contributed by atoms with Gasteiger partial charge in [0.25, 0.3) is 0 Å². The van der Waals surface area contributed by atoms with Gasteiger partial charge in [-0.3, -0.25) is 9.59 Å². The summed E-state index contributed by atoms with van der Waals surface area (Å²) in [5.41, 5.74) is 0.662. The van der Waals surface area contributed by atoms with Crippen molar-refractivity contribution in [2.45, 2.75) is 63.3 Å². The number of likely N-dealkylation sites (tertiary alicyclic amines) is 2. The van der Waals surface area contributed by atoms with Gasteiger partial charge in [-0.1, -0.05) is 29.8 Å². The predicted molar refractivity (Wildman–Crippen MR) is 164 cm³/mol. The second-order valence-corrected chi connectivity index (χ2v) is 12.8. The van der Waals surface area contributed by atoms with E-state index in [2.05, 4.69) is 10.2 Å². The molecule has 1 atom stereocenters. The van der Waals surface area contributed by atoms with E-state index in [-0.39, 0.29) is 42.3 Å². The van der Waals surface area contributed by atoms with Gasteiger partial charge in [0.05, 0.1) is 16.5 Å². The van der Waals surface area contributed by atoms with Crippen LogP contribution in [0.5, 0.6) is 5.75 Å². The predicted octanol–water partition coefficient (Wildman–Crippen LogP) is 5.20. The zero-order chi connectivity index (χ0) is 32.5. The maximum Gasteiger partial charge on any atom is 0.420 e. The molecule has 4 amide bonds. The lowest BCUT2D eigenvalue weighted by atomic mass is 9.91. The number of fused-ring (bicyclic) bond motifs is 1. The maximum absolute atomic E-state index is 13.8. The fourth-order valence-corrected chi connectivity index (χ4v) is 6.91. The monoisotopic (exact) mass is 649 g/mol. The van der Waals surface area contributed by atoms with Crippen LogP contribution >= 0.6 is 11.6 Å². The number of carbonyl (C=O) groups excluding carboxylic acids is 3. The maximum atomic E-state index is 13.8. The standard InChI is InChI=1S/C32H39ClF3N5O4/c1-38(2)23-7-13-40(14-8-23)30(44)22(15-20-16-25(32(34,35)36)29(43)26(33)17-20)18-28(42)39-11-9-24(10-12-39)41-19-21-5-3-4-6-27(21)37-31(41)45/h3-6,16-17,22-24,43H,7-15,18-19H2,1-2H3,(H,37,45)/t22-/m0/s1. The van der Waals surface area contributed by atoms with Crippen LogP contribution in [-0.2, 0) is 28.7 Å². The third kappa shape index (κ3) is 7.49. The molecule has 2 saturated heterocycles. The van der Waals surface area contributed by atoms with Crippen molar-refractivity contribution in [3.05, 3.63) is 58.1 Å². The molecular weight excluding hydrogens is 611 g/mol. The smallest absolute Gasteiger partial charge is 0.420 e. The minimum absolute atomic E-state index is 0.0576. The van der Waals surface area contributed by atoms with Crippen LogP contribution in [0, 0.1) is 5.92 Å². The Morgan fingerprint density at radius 3 is 2.33 bits per heavy atom. The number of phenols is 1. The fraction of sp³-hybridized carbons (Fsp3) is 0.531. The van der Waals surface area contributed by atoms with Crippen molar-refractivity contribution < 1.29 is 32.7 Å². The number of piperidine rings is 2. The Labute approximate surface area is 265 Å². The van der Waals surface area contributed by atoms with Gasteiger partial charge in [-0.2, -0.15) is 13.2 Å². The normalized spacial score (nSPS) is 19.0. The van der Waals surface area contributed by atoms with Crippen molar-refractivity contribution in [2.24, 2.45) is 5.92 Å². The molecule has 0 saturated carbocycles. The Bertz CT molecular complexity index is 1420. The van der Waals surface area contributed by atoms with E-state index in [0.29, 0.717) is 51.6 Å². The van der Waals surface area contributed by atoms with Crippen LogP contribution in [0.1, 0.15) is 48.8 Å². The van der Waals surface area contributed by atoms with Crippen molar-refractivity contribution in [1.29, 1.82) is 0 Å². The van der Waals surface area contributed by atoms with Crippen molar-refractivity contribution in [2.75, 3.05) is 45.6 Å². The van der Waals surface area contributed by atoms with Gasteiger partial charge in [0.1, 0.15) is 5.75 Å². The minimum atomic E-state index is -4.84. The number of halogens is 4. The minimum Gasteiger partial charge on any atom is -0.506 e. The molecule has 2 aromatic rings. The van der Waals surface area contributed by atoms with Crippen LogP contribution in [0.3, 0.4) is 0 Å². The highest BCUT2D eigenvalue weighted by molar-refractivity contribution is 6.32. The molecule has 0 aromatic heterocycles. The summed E-state index contributed by atoms with van der Waals surface area (Å²) in [7, 11) is 3.96. The van der Waals surface area contributed by atoms with E-state index in [4.69, 9.17) is 11.6 Å². The summed E-state index contributed by atoms with van der Waals surface area (Å²) >= 11 is 5.97. The number of hydrogen-bond acceptors (Lipinski definition) is 5. The molecule has 244 valence electrons. The zero-order valence-corrected chi connectivity index (χ0v) is 26.2. The highest BCUT2D eigenvalue weighted by atomic mass is 35.5. The Kier molecular flexibility index (Phi) is 9.83. The third-order valence-electron chi connectivity index (χ3n) is 9.31. The number of hydrogen-bond donors (Lipinski definition) is 2. The molecule has 2 fully saturated rings.